The van der Waals surface area contributed by atoms with Gasteiger partial charge in [0.25, 0.3) is 5.91 Å². The molecule has 4 rings (SSSR count). The number of anilines is 2. The summed E-state index contributed by atoms with van der Waals surface area (Å²) in [5, 5.41) is 11.0. The number of nitrogens with one attached hydrogen (secondary N) is 2. The molecule has 1 amide bonds. The van der Waals surface area contributed by atoms with Crippen molar-refractivity contribution < 1.29 is 4.79 Å². The van der Waals surface area contributed by atoms with Gasteiger partial charge < -0.3 is 10.6 Å². The van der Waals surface area contributed by atoms with E-state index in [9.17, 15) is 4.79 Å². The van der Waals surface area contributed by atoms with Crippen molar-refractivity contribution in [2.45, 2.75) is 6.54 Å². The van der Waals surface area contributed by atoms with Gasteiger partial charge in [0, 0.05) is 23.5 Å². The van der Waals surface area contributed by atoms with E-state index < -0.39 is 0 Å². The minimum atomic E-state index is -0.251. The molecule has 134 valence electrons. The molecule has 0 saturated heterocycles. The summed E-state index contributed by atoms with van der Waals surface area (Å²) in [6.45, 7) is 0.597. The second kappa shape index (κ2) is 7.47. The first-order valence-electron chi connectivity index (χ1n) is 8.38. The third kappa shape index (κ3) is 3.91. The maximum Gasteiger partial charge on any atom is 0.261 e. The quantitative estimate of drug-likeness (QED) is 0.545. The number of halogens is 1. The summed E-state index contributed by atoms with van der Waals surface area (Å²) in [4.78, 5) is 17.1. The number of hydrogen-bond donors (Lipinski definition) is 2. The van der Waals surface area contributed by atoms with Gasteiger partial charge in [-0.15, -0.1) is 0 Å². The van der Waals surface area contributed by atoms with Crippen molar-refractivity contribution in [3.05, 3.63) is 89.2 Å². The van der Waals surface area contributed by atoms with Gasteiger partial charge in [0.15, 0.2) is 5.65 Å². The second-order valence-corrected chi connectivity index (χ2v) is 6.38. The highest BCUT2D eigenvalue weighted by Gasteiger charge is 2.14. The first-order valence-corrected chi connectivity index (χ1v) is 8.76. The Morgan fingerprint density at radius 2 is 1.81 bits per heavy atom. The van der Waals surface area contributed by atoms with E-state index in [2.05, 4.69) is 20.7 Å². The monoisotopic (exact) mass is 377 g/mol. The Morgan fingerprint density at radius 3 is 2.59 bits per heavy atom. The van der Waals surface area contributed by atoms with E-state index in [-0.39, 0.29) is 5.91 Å². The number of nitrogens with zero attached hydrogens (tertiary/aromatic N) is 3. The smallest absolute Gasteiger partial charge is 0.261 e. The number of carbonyl (C=O) groups is 1. The molecule has 0 aliphatic rings. The van der Waals surface area contributed by atoms with Gasteiger partial charge in [-0.25, -0.2) is 9.50 Å². The molecule has 7 heteroatoms. The zero-order valence-corrected chi connectivity index (χ0v) is 15.0. The first kappa shape index (κ1) is 17.1. The van der Waals surface area contributed by atoms with E-state index >= 15 is 0 Å². The van der Waals surface area contributed by atoms with Crippen LogP contribution in [0.4, 0.5) is 11.5 Å². The number of aromatic nitrogens is 3. The van der Waals surface area contributed by atoms with Gasteiger partial charge in [-0.1, -0.05) is 41.9 Å². The van der Waals surface area contributed by atoms with E-state index in [1.165, 1.54) is 6.20 Å². The third-order valence-corrected chi connectivity index (χ3v) is 4.28. The van der Waals surface area contributed by atoms with Gasteiger partial charge >= 0.3 is 0 Å². The van der Waals surface area contributed by atoms with Gasteiger partial charge in [-0.2, -0.15) is 5.10 Å². The molecule has 2 aromatic heterocycles. The summed E-state index contributed by atoms with van der Waals surface area (Å²) >= 11 is 5.91. The van der Waals surface area contributed by atoms with Crippen LogP contribution in [0.2, 0.25) is 5.02 Å². The van der Waals surface area contributed by atoms with Crippen molar-refractivity contribution in [3.63, 3.8) is 0 Å². The molecule has 6 nitrogen and oxygen atoms in total. The Kier molecular flexibility index (Phi) is 4.72. The van der Waals surface area contributed by atoms with Gasteiger partial charge in [-0.05, 0) is 35.9 Å². The molecule has 2 aromatic carbocycles. The van der Waals surface area contributed by atoms with Crippen molar-refractivity contribution in [1.29, 1.82) is 0 Å². The molecule has 0 atom stereocenters. The number of para-hydroxylation sites is 1. The fourth-order valence-corrected chi connectivity index (χ4v) is 2.77. The van der Waals surface area contributed by atoms with Gasteiger partial charge in [0.1, 0.15) is 11.4 Å². The molecule has 2 heterocycles. The van der Waals surface area contributed by atoms with Crippen LogP contribution in [-0.2, 0) is 6.54 Å². The predicted octanol–water partition coefficient (Wildman–Crippen LogP) is 4.25. The Labute approximate surface area is 160 Å². The van der Waals surface area contributed by atoms with E-state index in [4.69, 9.17) is 11.6 Å². The minimum Gasteiger partial charge on any atom is -0.366 e. The zero-order chi connectivity index (χ0) is 18.6. The number of amides is 1. The number of rotatable bonds is 5. The second-order valence-electron chi connectivity index (χ2n) is 5.94. The van der Waals surface area contributed by atoms with Crippen LogP contribution in [0, 0.1) is 0 Å². The maximum atomic E-state index is 12.6. The van der Waals surface area contributed by atoms with Crippen LogP contribution in [0.15, 0.2) is 73.1 Å². The van der Waals surface area contributed by atoms with E-state index in [0.717, 1.165) is 11.3 Å². The van der Waals surface area contributed by atoms with Crippen LogP contribution in [-0.4, -0.2) is 20.5 Å². The Balaban J connectivity index is 1.53. The van der Waals surface area contributed by atoms with Crippen molar-refractivity contribution >= 4 is 34.7 Å². The molecule has 0 radical (unpaired) electrons. The first-order chi connectivity index (χ1) is 13.2. The summed E-state index contributed by atoms with van der Waals surface area (Å²) in [6.07, 6.45) is 3.29. The van der Waals surface area contributed by atoms with Crippen LogP contribution in [0.25, 0.3) is 5.65 Å². The summed E-state index contributed by atoms with van der Waals surface area (Å²) in [7, 11) is 0. The minimum absolute atomic E-state index is 0.251. The van der Waals surface area contributed by atoms with Gasteiger partial charge in [-0.3, -0.25) is 4.79 Å². The highest BCUT2D eigenvalue weighted by Crippen LogP contribution is 2.16. The molecule has 2 N–H and O–H groups in total. The van der Waals surface area contributed by atoms with Crippen molar-refractivity contribution in [2.24, 2.45) is 0 Å². The average molecular weight is 378 g/mol. The average Bonchev–Trinajstić information content (AvgIpc) is 3.12. The van der Waals surface area contributed by atoms with Crippen molar-refractivity contribution in [2.75, 3.05) is 10.6 Å². The topological polar surface area (TPSA) is 71.3 Å². The maximum absolute atomic E-state index is 12.6. The van der Waals surface area contributed by atoms with Crippen LogP contribution < -0.4 is 10.6 Å². The summed E-state index contributed by atoms with van der Waals surface area (Å²) < 4.78 is 1.58. The molecule has 4 aromatic rings. The molecule has 0 aliphatic carbocycles. The number of hydrogen-bond acceptors (Lipinski definition) is 4. The number of benzene rings is 2. The largest absolute Gasteiger partial charge is 0.366 e. The normalized spacial score (nSPS) is 10.7. The standard InChI is InChI=1S/C20H16ClN5O/c21-15-8-6-14(7-9-15)12-22-18-10-11-26-19(25-18)17(13-23-26)20(27)24-16-4-2-1-3-5-16/h1-11,13H,12H2,(H,22,25)(H,24,27). The van der Waals surface area contributed by atoms with E-state index in [0.29, 0.717) is 28.6 Å². The highest BCUT2D eigenvalue weighted by atomic mass is 35.5. The molecular weight excluding hydrogens is 362 g/mol. The van der Waals surface area contributed by atoms with Crippen LogP contribution in [0.5, 0.6) is 0 Å². The summed E-state index contributed by atoms with van der Waals surface area (Å²) in [5.74, 6) is 0.408. The van der Waals surface area contributed by atoms with Crippen molar-refractivity contribution in [3.8, 4) is 0 Å². The molecule has 0 spiro atoms. The number of carbonyl (C=O) groups excluding carboxylic acids is 1. The fraction of sp³-hybridized carbons (Fsp3) is 0.0500. The summed E-state index contributed by atoms with van der Waals surface area (Å²) in [6, 6.07) is 18.7. The van der Waals surface area contributed by atoms with E-state index in [1.54, 1.807) is 10.7 Å². The molecule has 0 aliphatic heterocycles. The van der Waals surface area contributed by atoms with Gasteiger partial charge in [0.2, 0.25) is 0 Å². The van der Waals surface area contributed by atoms with E-state index in [1.807, 2.05) is 60.7 Å². The summed E-state index contributed by atoms with van der Waals surface area (Å²) in [5.41, 5.74) is 2.70. The molecule has 0 bridgehead atoms. The lowest BCUT2D eigenvalue weighted by Gasteiger charge is -2.07. The highest BCUT2D eigenvalue weighted by molar-refractivity contribution is 6.30. The molecule has 0 saturated carbocycles. The van der Waals surface area contributed by atoms with Crippen LogP contribution >= 0.6 is 11.6 Å². The fourth-order valence-electron chi connectivity index (χ4n) is 2.64. The Hall–Kier alpha value is -3.38. The SMILES string of the molecule is O=C(Nc1ccccc1)c1cnn2ccc(NCc3ccc(Cl)cc3)nc12. The van der Waals surface area contributed by atoms with Crippen LogP contribution in [0.3, 0.4) is 0 Å². The predicted molar refractivity (Wildman–Crippen MR) is 106 cm³/mol. The van der Waals surface area contributed by atoms with Gasteiger partial charge in [0.05, 0.1) is 6.20 Å². The van der Waals surface area contributed by atoms with Crippen molar-refractivity contribution in [1.82, 2.24) is 14.6 Å². The lowest BCUT2D eigenvalue weighted by atomic mass is 10.2. The zero-order valence-electron chi connectivity index (χ0n) is 14.3. The van der Waals surface area contributed by atoms with Crippen LogP contribution in [0.1, 0.15) is 15.9 Å². The lowest BCUT2D eigenvalue weighted by molar-refractivity contribution is 0.102. The molecule has 0 unspecified atom stereocenters. The Morgan fingerprint density at radius 1 is 1.04 bits per heavy atom. The third-order valence-electron chi connectivity index (χ3n) is 4.03. The molecular formula is C20H16ClN5O. The number of fused-ring (bicyclic) bond motifs is 1. The lowest BCUT2D eigenvalue weighted by Crippen LogP contribution is -2.12. The molecule has 0 fully saturated rings. The molecule has 27 heavy (non-hydrogen) atoms. The Bertz CT molecular complexity index is 1080.